The van der Waals surface area contributed by atoms with E-state index < -0.39 is 0 Å². The number of hydrogen-bond acceptors (Lipinski definition) is 3. The minimum Gasteiger partial charge on any atom is -0.312 e. The summed E-state index contributed by atoms with van der Waals surface area (Å²) in [5.41, 5.74) is 5.38. The van der Waals surface area contributed by atoms with Gasteiger partial charge in [0.1, 0.15) is 0 Å². The molecule has 0 bridgehead atoms. The number of carbonyl (C=O) groups is 2. The lowest BCUT2D eigenvalue weighted by Gasteiger charge is -2.29. The van der Waals surface area contributed by atoms with Gasteiger partial charge < -0.3 is 4.90 Å². The van der Waals surface area contributed by atoms with Crippen molar-refractivity contribution in [3.63, 3.8) is 0 Å². The van der Waals surface area contributed by atoms with E-state index in [1.165, 1.54) is 11.8 Å². The molecule has 2 aromatic rings. The highest BCUT2D eigenvalue weighted by Crippen LogP contribution is 2.27. The van der Waals surface area contributed by atoms with Gasteiger partial charge in [-0.05, 0) is 42.2 Å². The zero-order valence-corrected chi connectivity index (χ0v) is 15.1. The number of anilines is 1. The van der Waals surface area contributed by atoms with Crippen molar-refractivity contribution in [1.29, 1.82) is 0 Å². The third kappa shape index (κ3) is 4.70. The van der Waals surface area contributed by atoms with Crippen LogP contribution in [-0.2, 0) is 16.0 Å². The molecule has 0 saturated heterocycles. The molecule has 26 heavy (non-hydrogen) atoms. The average Bonchev–Trinajstić information content (AvgIpc) is 2.66. The first kappa shape index (κ1) is 18.1. The number of nitrogens with zero attached hydrogens (tertiary/aromatic N) is 2. The highest BCUT2D eigenvalue weighted by Gasteiger charge is 2.22. The lowest BCUT2D eigenvalue weighted by Crippen LogP contribution is -2.36. The summed E-state index contributed by atoms with van der Waals surface area (Å²) in [7, 11) is 0. The first-order valence-electron chi connectivity index (χ1n) is 8.59. The zero-order chi connectivity index (χ0) is 18.4. The van der Waals surface area contributed by atoms with Gasteiger partial charge in [0, 0.05) is 30.1 Å². The molecule has 0 unspecified atom stereocenters. The van der Waals surface area contributed by atoms with Crippen LogP contribution in [0.15, 0.2) is 53.6 Å². The topological polar surface area (TPSA) is 61.8 Å². The molecule has 0 radical (unpaired) electrons. The average molecular weight is 370 g/mol. The summed E-state index contributed by atoms with van der Waals surface area (Å²) in [4.78, 5) is 26.2. The van der Waals surface area contributed by atoms with Gasteiger partial charge in [-0.3, -0.25) is 9.59 Å². The van der Waals surface area contributed by atoms with E-state index in [-0.39, 0.29) is 24.7 Å². The smallest absolute Gasteiger partial charge is 0.240 e. The van der Waals surface area contributed by atoms with Crippen LogP contribution >= 0.6 is 11.6 Å². The van der Waals surface area contributed by atoms with Crippen molar-refractivity contribution in [3.05, 3.63) is 64.7 Å². The molecule has 0 spiro atoms. The molecule has 6 heteroatoms. The van der Waals surface area contributed by atoms with Crippen LogP contribution in [0.1, 0.15) is 30.4 Å². The Labute approximate surface area is 157 Å². The summed E-state index contributed by atoms with van der Waals surface area (Å²) in [6.07, 6.45) is 3.71. The Hall–Kier alpha value is -2.66. The Bertz CT molecular complexity index is 835. The van der Waals surface area contributed by atoms with Crippen LogP contribution in [-0.4, -0.2) is 24.6 Å². The fraction of sp³-hybridized carbons (Fsp3) is 0.250. The number of halogens is 1. The van der Waals surface area contributed by atoms with E-state index in [2.05, 4.69) is 10.5 Å². The second-order valence-electron chi connectivity index (χ2n) is 6.13. The predicted octanol–water partition coefficient (Wildman–Crippen LogP) is 3.55. The highest BCUT2D eigenvalue weighted by atomic mass is 35.5. The summed E-state index contributed by atoms with van der Waals surface area (Å²) < 4.78 is 0. The van der Waals surface area contributed by atoms with Crippen molar-refractivity contribution in [3.8, 4) is 0 Å². The third-order valence-electron chi connectivity index (χ3n) is 4.23. The number of aryl methyl sites for hydroxylation is 1. The van der Waals surface area contributed by atoms with Crippen molar-refractivity contribution in [2.75, 3.05) is 11.4 Å². The Balaban J connectivity index is 1.50. The van der Waals surface area contributed by atoms with Gasteiger partial charge >= 0.3 is 0 Å². The van der Waals surface area contributed by atoms with Crippen LogP contribution in [0.5, 0.6) is 0 Å². The van der Waals surface area contributed by atoms with Crippen LogP contribution < -0.4 is 10.3 Å². The normalized spacial score (nSPS) is 13.5. The lowest BCUT2D eigenvalue weighted by atomic mass is 10.0. The standard InChI is InChI=1S/C20H20ClN3O2/c21-17-8-3-5-15(13-17)14-22-23-19(25)10-11-20(26)24-12-4-7-16-6-1-2-9-18(16)24/h1-3,5-6,8-9,13-14H,4,7,10-12H2,(H,23,25). The summed E-state index contributed by atoms with van der Waals surface area (Å²) in [5, 5.41) is 4.51. The summed E-state index contributed by atoms with van der Waals surface area (Å²) >= 11 is 5.89. The molecule has 0 atom stereocenters. The van der Waals surface area contributed by atoms with E-state index in [1.807, 2.05) is 30.3 Å². The quantitative estimate of drug-likeness (QED) is 0.647. The van der Waals surface area contributed by atoms with Gasteiger partial charge in [-0.15, -0.1) is 0 Å². The first-order chi connectivity index (χ1) is 12.6. The number of nitrogens with one attached hydrogen (secondary N) is 1. The van der Waals surface area contributed by atoms with Gasteiger partial charge in [0.15, 0.2) is 0 Å². The van der Waals surface area contributed by atoms with Gasteiger partial charge in [0.05, 0.1) is 6.21 Å². The maximum absolute atomic E-state index is 12.5. The summed E-state index contributed by atoms with van der Waals surface area (Å²) in [5.74, 6) is -0.326. The third-order valence-corrected chi connectivity index (χ3v) is 4.46. The molecule has 2 aromatic carbocycles. The molecule has 2 amide bonds. The Morgan fingerprint density at radius 1 is 1.15 bits per heavy atom. The Morgan fingerprint density at radius 3 is 2.85 bits per heavy atom. The maximum atomic E-state index is 12.5. The van der Waals surface area contributed by atoms with E-state index >= 15 is 0 Å². The van der Waals surface area contributed by atoms with Crippen LogP contribution in [0, 0.1) is 0 Å². The molecule has 1 aliphatic heterocycles. The summed E-state index contributed by atoms with van der Waals surface area (Å²) in [6.45, 7) is 0.699. The van der Waals surface area contributed by atoms with Crippen molar-refractivity contribution < 1.29 is 9.59 Å². The molecule has 0 aliphatic carbocycles. The van der Waals surface area contributed by atoms with Crippen LogP contribution in [0.25, 0.3) is 0 Å². The van der Waals surface area contributed by atoms with Crippen LogP contribution in [0.2, 0.25) is 5.02 Å². The molecule has 1 heterocycles. The van der Waals surface area contributed by atoms with Gasteiger partial charge in [0.25, 0.3) is 0 Å². The maximum Gasteiger partial charge on any atom is 0.240 e. The van der Waals surface area contributed by atoms with Crippen LogP contribution in [0.3, 0.4) is 0 Å². The zero-order valence-electron chi connectivity index (χ0n) is 14.3. The molecular weight excluding hydrogens is 350 g/mol. The second kappa shape index (κ2) is 8.63. The minimum absolute atomic E-state index is 0.0360. The molecular formula is C20H20ClN3O2. The van der Waals surface area contributed by atoms with Crippen molar-refractivity contribution in [2.45, 2.75) is 25.7 Å². The van der Waals surface area contributed by atoms with E-state index in [0.29, 0.717) is 11.6 Å². The SMILES string of the molecule is O=C(CCC(=O)N1CCCc2ccccc21)NN=Cc1cccc(Cl)c1. The number of hydrogen-bond donors (Lipinski definition) is 1. The number of carbonyl (C=O) groups excluding carboxylic acids is 2. The number of amides is 2. The number of benzene rings is 2. The monoisotopic (exact) mass is 369 g/mol. The van der Waals surface area contributed by atoms with Gasteiger partial charge in [-0.25, -0.2) is 5.43 Å². The van der Waals surface area contributed by atoms with E-state index in [1.54, 1.807) is 23.1 Å². The van der Waals surface area contributed by atoms with Gasteiger partial charge in [0.2, 0.25) is 11.8 Å². The molecule has 0 fully saturated rings. The fourth-order valence-corrected chi connectivity index (χ4v) is 3.17. The number of hydrazone groups is 1. The van der Waals surface area contributed by atoms with Crippen molar-refractivity contribution >= 4 is 35.3 Å². The Morgan fingerprint density at radius 2 is 2.00 bits per heavy atom. The van der Waals surface area contributed by atoms with Gasteiger partial charge in [-0.1, -0.05) is 41.9 Å². The number of rotatable bonds is 5. The van der Waals surface area contributed by atoms with Crippen molar-refractivity contribution in [1.82, 2.24) is 5.43 Å². The first-order valence-corrected chi connectivity index (χ1v) is 8.97. The molecule has 0 aromatic heterocycles. The van der Waals surface area contributed by atoms with Crippen LogP contribution in [0.4, 0.5) is 5.69 Å². The molecule has 5 nitrogen and oxygen atoms in total. The number of para-hydroxylation sites is 1. The summed E-state index contributed by atoms with van der Waals surface area (Å²) in [6, 6.07) is 15.1. The highest BCUT2D eigenvalue weighted by molar-refractivity contribution is 6.30. The largest absolute Gasteiger partial charge is 0.312 e. The number of fused-ring (bicyclic) bond motifs is 1. The van der Waals surface area contributed by atoms with Gasteiger partial charge in [-0.2, -0.15) is 5.10 Å². The molecule has 1 aliphatic rings. The Kier molecular flexibility index (Phi) is 6.02. The molecule has 134 valence electrons. The predicted molar refractivity (Wildman–Crippen MR) is 104 cm³/mol. The minimum atomic E-state index is -0.290. The van der Waals surface area contributed by atoms with Crippen molar-refractivity contribution in [2.24, 2.45) is 5.10 Å². The molecule has 3 rings (SSSR count). The van der Waals surface area contributed by atoms with E-state index in [9.17, 15) is 9.59 Å². The van der Waals surface area contributed by atoms with E-state index in [4.69, 9.17) is 11.6 Å². The van der Waals surface area contributed by atoms with E-state index in [0.717, 1.165) is 24.1 Å². The molecule has 1 N–H and O–H groups in total. The second-order valence-corrected chi connectivity index (χ2v) is 6.56. The fourth-order valence-electron chi connectivity index (χ4n) is 2.97. The lowest BCUT2D eigenvalue weighted by molar-refractivity contribution is -0.125. The molecule has 0 saturated carbocycles.